The van der Waals surface area contributed by atoms with Gasteiger partial charge in [-0.05, 0) is 70.7 Å². The third-order valence-electron chi connectivity index (χ3n) is 3.97. The molecule has 2 amide bonds. The van der Waals surface area contributed by atoms with Gasteiger partial charge in [-0.2, -0.15) is 0 Å². The van der Waals surface area contributed by atoms with Crippen LogP contribution in [0.4, 0.5) is 4.79 Å². The van der Waals surface area contributed by atoms with Crippen molar-refractivity contribution >= 4 is 55.2 Å². The quantitative estimate of drug-likeness (QED) is 0.539. The molecule has 1 unspecified atom stereocenters. The van der Waals surface area contributed by atoms with Gasteiger partial charge in [0.25, 0.3) is 5.91 Å². The third kappa shape index (κ3) is 6.33. The average molecular weight is 518 g/mol. The van der Waals surface area contributed by atoms with Crippen LogP contribution in [0.2, 0.25) is 0 Å². The maximum Gasteiger partial charge on any atom is 0.407 e. The number of nitrogens with zero attached hydrogens (tertiary/aromatic N) is 1. The van der Waals surface area contributed by atoms with E-state index in [0.29, 0.717) is 11.3 Å². The molecule has 8 heteroatoms. The summed E-state index contributed by atoms with van der Waals surface area (Å²) in [6.07, 6.45) is -0.461. The molecule has 1 aromatic heterocycles. The van der Waals surface area contributed by atoms with Crippen LogP contribution in [0.15, 0.2) is 44.7 Å². The van der Waals surface area contributed by atoms with Crippen molar-refractivity contribution in [2.75, 3.05) is 6.54 Å². The summed E-state index contributed by atoms with van der Waals surface area (Å²) >= 11 is 8.11. The van der Waals surface area contributed by atoms with Crippen molar-refractivity contribution < 1.29 is 14.7 Å². The summed E-state index contributed by atoms with van der Waals surface area (Å²) in [6, 6.07) is 11.1. The van der Waals surface area contributed by atoms with Crippen LogP contribution in [0.3, 0.4) is 0 Å². The fraction of sp³-hybridized carbons (Fsp3) is 0.368. The number of hydrogen-bond donors (Lipinski definition) is 2. The Kier molecular flexibility index (Phi) is 7.47. The van der Waals surface area contributed by atoms with E-state index in [-0.39, 0.29) is 18.5 Å². The largest absolute Gasteiger partial charge is 0.465 e. The lowest BCUT2D eigenvalue weighted by molar-refractivity contribution is 0.0824. The van der Waals surface area contributed by atoms with Gasteiger partial charge in [-0.3, -0.25) is 4.79 Å². The molecule has 0 saturated carbocycles. The van der Waals surface area contributed by atoms with Crippen LogP contribution in [0.5, 0.6) is 0 Å². The van der Waals surface area contributed by atoms with E-state index < -0.39 is 11.6 Å². The lowest BCUT2D eigenvalue weighted by atomic mass is 10.0. The molecule has 5 nitrogen and oxygen atoms in total. The molecule has 0 radical (unpaired) electrons. The van der Waals surface area contributed by atoms with Gasteiger partial charge in [0.2, 0.25) is 0 Å². The molecule has 2 rings (SSSR count). The number of carbonyl (C=O) groups excluding carboxylic acids is 1. The Hall–Kier alpha value is -1.38. The van der Waals surface area contributed by atoms with Crippen LogP contribution in [0, 0.1) is 0 Å². The van der Waals surface area contributed by atoms with Gasteiger partial charge < -0.3 is 15.3 Å². The summed E-state index contributed by atoms with van der Waals surface area (Å²) in [5.41, 5.74) is 0.469. The van der Waals surface area contributed by atoms with Crippen LogP contribution in [0.25, 0.3) is 0 Å². The summed E-state index contributed by atoms with van der Waals surface area (Å²) in [4.78, 5) is 26.4. The standard InChI is InChI=1S/C19H22Br2N2O3S/c1-19(2,3)23(18(25)26)11-13(9-12-7-5-4-6-8-12)22-17(24)15-10-14(20)16(21)27-15/h4-8,10,13H,9,11H2,1-3H3,(H,22,24)(H,25,26). The number of hydrogen-bond acceptors (Lipinski definition) is 3. The number of nitrogens with one attached hydrogen (secondary N) is 1. The maximum atomic E-state index is 12.7. The lowest BCUT2D eigenvalue weighted by Gasteiger charge is -2.36. The second-order valence-electron chi connectivity index (χ2n) is 7.16. The first-order valence-electron chi connectivity index (χ1n) is 8.38. The molecular formula is C19H22Br2N2O3S. The first-order chi connectivity index (χ1) is 12.6. The normalized spacial score (nSPS) is 12.5. The van der Waals surface area contributed by atoms with Gasteiger partial charge in [-0.15, -0.1) is 11.3 Å². The fourth-order valence-corrected chi connectivity index (χ4v) is 4.57. The van der Waals surface area contributed by atoms with Crippen molar-refractivity contribution in [2.24, 2.45) is 0 Å². The van der Waals surface area contributed by atoms with Gasteiger partial charge in [-0.25, -0.2) is 4.79 Å². The van der Waals surface area contributed by atoms with Crippen molar-refractivity contribution in [3.63, 3.8) is 0 Å². The van der Waals surface area contributed by atoms with Crippen LogP contribution in [-0.2, 0) is 6.42 Å². The highest BCUT2D eigenvalue weighted by Crippen LogP contribution is 2.32. The Labute approximate surface area is 180 Å². The van der Waals surface area contributed by atoms with Crippen LogP contribution in [-0.4, -0.2) is 40.1 Å². The zero-order chi connectivity index (χ0) is 20.2. The second kappa shape index (κ2) is 9.21. The van der Waals surface area contributed by atoms with Gasteiger partial charge in [0.1, 0.15) is 0 Å². The minimum Gasteiger partial charge on any atom is -0.465 e. The SMILES string of the molecule is CC(C)(C)N(CC(Cc1ccccc1)NC(=O)c1cc(Br)c(Br)s1)C(=O)O. The average Bonchev–Trinajstić information content (AvgIpc) is 2.91. The van der Waals surface area contributed by atoms with E-state index in [1.54, 1.807) is 6.07 Å². The van der Waals surface area contributed by atoms with Gasteiger partial charge in [0.15, 0.2) is 0 Å². The highest BCUT2D eigenvalue weighted by Gasteiger charge is 2.30. The van der Waals surface area contributed by atoms with Crippen molar-refractivity contribution in [3.05, 3.63) is 55.1 Å². The van der Waals surface area contributed by atoms with E-state index >= 15 is 0 Å². The molecule has 0 aliphatic rings. The minimum absolute atomic E-state index is 0.202. The van der Waals surface area contributed by atoms with Gasteiger partial charge in [0, 0.05) is 16.6 Å². The van der Waals surface area contributed by atoms with Crippen molar-refractivity contribution in [1.82, 2.24) is 10.2 Å². The smallest absolute Gasteiger partial charge is 0.407 e. The Morgan fingerprint density at radius 1 is 1.22 bits per heavy atom. The Morgan fingerprint density at radius 3 is 2.33 bits per heavy atom. The molecule has 27 heavy (non-hydrogen) atoms. The lowest BCUT2D eigenvalue weighted by Crippen LogP contribution is -2.53. The molecule has 0 spiro atoms. The number of benzene rings is 1. The maximum absolute atomic E-state index is 12.7. The molecule has 2 aromatic rings. The molecule has 146 valence electrons. The molecule has 1 atom stereocenters. The van der Waals surface area contributed by atoms with E-state index in [0.717, 1.165) is 13.8 Å². The number of carbonyl (C=O) groups is 2. The number of amides is 2. The van der Waals surface area contributed by atoms with E-state index in [1.165, 1.54) is 16.2 Å². The highest BCUT2D eigenvalue weighted by atomic mass is 79.9. The number of carboxylic acid groups (broad SMARTS) is 1. The van der Waals surface area contributed by atoms with E-state index in [2.05, 4.69) is 37.2 Å². The van der Waals surface area contributed by atoms with Gasteiger partial charge in [-0.1, -0.05) is 30.3 Å². The predicted octanol–water partition coefficient (Wildman–Crippen LogP) is 5.39. The number of rotatable bonds is 6. The van der Waals surface area contributed by atoms with Gasteiger partial charge >= 0.3 is 6.09 Å². The molecule has 0 fully saturated rings. The summed E-state index contributed by atoms with van der Waals surface area (Å²) in [5, 5.41) is 12.6. The number of halogens is 2. The molecular weight excluding hydrogens is 496 g/mol. The predicted molar refractivity (Wildman–Crippen MR) is 116 cm³/mol. The first-order valence-corrected chi connectivity index (χ1v) is 10.8. The summed E-state index contributed by atoms with van der Waals surface area (Å²) in [5.74, 6) is -0.216. The monoisotopic (exact) mass is 516 g/mol. The van der Waals surface area contributed by atoms with Gasteiger partial charge in [0.05, 0.1) is 14.7 Å². The van der Waals surface area contributed by atoms with Crippen LogP contribution in [0.1, 0.15) is 36.0 Å². The van der Waals surface area contributed by atoms with Crippen molar-refractivity contribution in [1.29, 1.82) is 0 Å². The minimum atomic E-state index is -1.00. The summed E-state index contributed by atoms with van der Waals surface area (Å²) in [6.45, 7) is 5.73. The third-order valence-corrected chi connectivity index (χ3v) is 7.23. The number of thiophene rings is 1. The summed E-state index contributed by atoms with van der Waals surface area (Å²) < 4.78 is 1.66. The van der Waals surface area contributed by atoms with Crippen LogP contribution >= 0.6 is 43.2 Å². The van der Waals surface area contributed by atoms with Crippen molar-refractivity contribution in [3.8, 4) is 0 Å². The Morgan fingerprint density at radius 2 is 1.85 bits per heavy atom. The van der Waals surface area contributed by atoms with E-state index in [1.807, 2.05) is 51.1 Å². The highest BCUT2D eigenvalue weighted by molar-refractivity contribution is 9.13. The molecule has 1 aromatic carbocycles. The molecule has 2 N–H and O–H groups in total. The van der Waals surface area contributed by atoms with Crippen molar-refractivity contribution in [2.45, 2.75) is 38.8 Å². The fourth-order valence-electron chi connectivity index (χ4n) is 2.63. The van der Waals surface area contributed by atoms with E-state index in [9.17, 15) is 14.7 Å². The first kappa shape index (κ1) is 21.9. The van der Waals surface area contributed by atoms with Crippen LogP contribution < -0.4 is 5.32 Å². The topological polar surface area (TPSA) is 69.6 Å². The van der Waals surface area contributed by atoms with E-state index in [4.69, 9.17) is 0 Å². The molecule has 1 heterocycles. The zero-order valence-electron chi connectivity index (χ0n) is 15.3. The second-order valence-corrected chi connectivity index (χ2v) is 10.4. The molecule has 0 aliphatic heterocycles. The molecule has 0 bridgehead atoms. The zero-order valence-corrected chi connectivity index (χ0v) is 19.3. The summed E-state index contributed by atoms with van der Waals surface area (Å²) in [7, 11) is 0. The Balaban J connectivity index is 2.23. The Bertz CT molecular complexity index is 784. The molecule has 0 saturated heterocycles. The molecule has 0 aliphatic carbocycles.